The molecule has 1 saturated heterocycles. The monoisotopic (exact) mass is 256 g/mol. The van der Waals surface area contributed by atoms with Crippen LogP contribution in [0.2, 0.25) is 0 Å². The zero-order valence-corrected chi connectivity index (χ0v) is 10.6. The predicted octanol–water partition coefficient (Wildman–Crippen LogP) is 1.55. The minimum absolute atomic E-state index is 0.0962. The molecule has 1 unspecified atom stereocenters. The maximum Gasteiger partial charge on any atom is 0.246 e. The first-order valence-electron chi connectivity index (χ1n) is 6.34. The van der Waals surface area contributed by atoms with Gasteiger partial charge in [-0.1, -0.05) is 12.1 Å². The van der Waals surface area contributed by atoms with Crippen LogP contribution in [0.3, 0.4) is 0 Å². The summed E-state index contributed by atoms with van der Waals surface area (Å²) in [5, 5.41) is 18.3. The highest BCUT2D eigenvalue weighted by atomic mass is 16.3. The van der Waals surface area contributed by atoms with Crippen LogP contribution in [0.4, 0.5) is 0 Å². The number of aliphatic hydroxyl groups excluding tert-OH is 1. The lowest BCUT2D eigenvalue weighted by Gasteiger charge is -2.29. The van der Waals surface area contributed by atoms with Gasteiger partial charge in [0.25, 0.3) is 0 Å². The van der Waals surface area contributed by atoms with Gasteiger partial charge in [0.05, 0.1) is 17.7 Å². The van der Waals surface area contributed by atoms with Crippen LogP contribution in [0, 0.1) is 11.3 Å². The maximum atomic E-state index is 11.9. The molecule has 2 rings (SSSR count). The molecule has 0 aromatic heterocycles. The van der Waals surface area contributed by atoms with Crippen LogP contribution in [0.25, 0.3) is 6.08 Å². The third-order valence-corrected chi connectivity index (χ3v) is 3.14. The molecule has 1 aromatic rings. The molecule has 0 spiro atoms. The van der Waals surface area contributed by atoms with Gasteiger partial charge in [-0.05, 0) is 36.6 Å². The summed E-state index contributed by atoms with van der Waals surface area (Å²) >= 11 is 0. The highest BCUT2D eigenvalue weighted by Gasteiger charge is 2.20. The van der Waals surface area contributed by atoms with Gasteiger partial charge in [-0.25, -0.2) is 0 Å². The Morgan fingerprint density at radius 3 is 3.11 bits per heavy atom. The van der Waals surface area contributed by atoms with Crippen LogP contribution in [-0.2, 0) is 4.79 Å². The van der Waals surface area contributed by atoms with E-state index >= 15 is 0 Å². The Labute approximate surface area is 112 Å². The molecule has 0 aliphatic carbocycles. The van der Waals surface area contributed by atoms with Crippen molar-refractivity contribution in [2.45, 2.75) is 18.9 Å². The maximum absolute atomic E-state index is 11.9. The van der Waals surface area contributed by atoms with Gasteiger partial charge < -0.3 is 10.0 Å². The fourth-order valence-electron chi connectivity index (χ4n) is 2.14. The fraction of sp³-hybridized carbons (Fsp3) is 0.333. The molecular formula is C15H16N2O2. The highest BCUT2D eigenvalue weighted by molar-refractivity contribution is 5.91. The Hall–Kier alpha value is -2.12. The van der Waals surface area contributed by atoms with Crippen LogP contribution in [0.15, 0.2) is 30.3 Å². The molecule has 1 N–H and O–H groups in total. The number of amides is 1. The first kappa shape index (κ1) is 13.3. The van der Waals surface area contributed by atoms with E-state index in [0.717, 1.165) is 18.4 Å². The number of carbonyl (C=O) groups is 1. The topological polar surface area (TPSA) is 64.3 Å². The zero-order valence-electron chi connectivity index (χ0n) is 10.6. The van der Waals surface area contributed by atoms with Gasteiger partial charge in [-0.15, -0.1) is 0 Å². The molecule has 0 bridgehead atoms. The summed E-state index contributed by atoms with van der Waals surface area (Å²) in [5.41, 5.74) is 1.40. The van der Waals surface area contributed by atoms with E-state index in [1.54, 1.807) is 29.2 Å². The van der Waals surface area contributed by atoms with Crippen molar-refractivity contribution in [3.05, 3.63) is 41.5 Å². The van der Waals surface area contributed by atoms with Gasteiger partial charge in [-0.3, -0.25) is 4.79 Å². The Morgan fingerprint density at radius 1 is 1.53 bits per heavy atom. The van der Waals surface area contributed by atoms with Crippen molar-refractivity contribution in [3.8, 4) is 6.07 Å². The van der Waals surface area contributed by atoms with Crippen LogP contribution in [0.5, 0.6) is 0 Å². The van der Waals surface area contributed by atoms with Crippen molar-refractivity contribution in [1.29, 1.82) is 5.26 Å². The lowest BCUT2D eigenvalue weighted by atomic mass is 10.1. The highest BCUT2D eigenvalue weighted by Crippen LogP contribution is 2.11. The van der Waals surface area contributed by atoms with Gasteiger partial charge in [0.15, 0.2) is 0 Å². The number of hydrogen-bond donors (Lipinski definition) is 1. The lowest BCUT2D eigenvalue weighted by Crippen LogP contribution is -2.41. The number of aliphatic hydroxyl groups is 1. The standard InChI is InChI=1S/C15H16N2O2/c16-10-13-4-1-3-12(9-13)6-7-15(19)17-8-2-5-14(18)11-17/h1,3-4,6-7,9,14,18H,2,5,8,11H2. The SMILES string of the molecule is N#Cc1cccc(C=CC(=O)N2CCCC(O)C2)c1. The quantitative estimate of drug-likeness (QED) is 0.817. The molecule has 0 radical (unpaired) electrons. The Morgan fingerprint density at radius 2 is 2.37 bits per heavy atom. The number of nitrogens with zero attached hydrogens (tertiary/aromatic N) is 2. The second-order valence-electron chi connectivity index (χ2n) is 4.65. The van der Waals surface area contributed by atoms with E-state index in [4.69, 9.17) is 5.26 Å². The summed E-state index contributed by atoms with van der Waals surface area (Å²) in [6.45, 7) is 1.10. The number of carbonyl (C=O) groups excluding carboxylic acids is 1. The van der Waals surface area contributed by atoms with Crippen molar-refractivity contribution in [3.63, 3.8) is 0 Å². The van der Waals surface area contributed by atoms with Crippen LogP contribution in [-0.4, -0.2) is 35.1 Å². The molecule has 1 heterocycles. The second kappa shape index (κ2) is 6.17. The van der Waals surface area contributed by atoms with Crippen molar-refractivity contribution in [1.82, 2.24) is 4.90 Å². The van der Waals surface area contributed by atoms with E-state index in [9.17, 15) is 9.90 Å². The molecular weight excluding hydrogens is 240 g/mol. The molecule has 1 amide bonds. The number of likely N-dealkylation sites (tertiary alicyclic amines) is 1. The van der Waals surface area contributed by atoms with E-state index < -0.39 is 6.10 Å². The summed E-state index contributed by atoms with van der Waals surface area (Å²) in [6, 6.07) is 9.14. The number of rotatable bonds is 2. The molecule has 1 aliphatic heterocycles. The van der Waals surface area contributed by atoms with E-state index in [2.05, 4.69) is 6.07 Å². The van der Waals surface area contributed by atoms with E-state index in [0.29, 0.717) is 18.7 Å². The minimum Gasteiger partial charge on any atom is -0.391 e. The summed E-state index contributed by atoms with van der Waals surface area (Å²) in [6.07, 6.45) is 4.38. The van der Waals surface area contributed by atoms with Crippen LogP contribution in [0.1, 0.15) is 24.0 Å². The molecule has 4 heteroatoms. The number of β-amino-alcohol motifs (C(OH)–C–C–N with tert-alkyl or cyclic N) is 1. The fourth-order valence-corrected chi connectivity index (χ4v) is 2.14. The summed E-state index contributed by atoms with van der Waals surface area (Å²) < 4.78 is 0. The summed E-state index contributed by atoms with van der Waals surface area (Å²) in [5.74, 6) is -0.0962. The smallest absolute Gasteiger partial charge is 0.246 e. The number of hydrogen-bond acceptors (Lipinski definition) is 3. The first-order valence-corrected chi connectivity index (χ1v) is 6.34. The lowest BCUT2D eigenvalue weighted by molar-refractivity contribution is -0.128. The van der Waals surface area contributed by atoms with Crippen LogP contribution < -0.4 is 0 Å². The molecule has 0 saturated carbocycles. The van der Waals surface area contributed by atoms with Gasteiger partial charge in [-0.2, -0.15) is 5.26 Å². The van der Waals surface area contributed by atoms with Gasteiger partial charge in [0.1, 0.15) is 0 Å². The van der Waals surface area contributed by atoms with E-state index in [1.165, 1.54) is 6.08 Å². The summed E-state index contributed by atoms with van der Waals surface area (Å²) in [4.78, 5) is 13.6. The van der Waals surface area contributed by atoms with Gasteiger partial charge in [0.2, 0.25) is 5.91 Å². The summed E-state index contributed by atoms with van der Waals surface area (Å²) in [7, 11) is 0. The van der Waals surface area contributed by atoms with Crippen molar-refractivity contribution >= 4 is 12.0 Å². The van der Waals surface area contributed by atoms with Crippen LogP contribution >= 0.6 is 0 Å². The third kappa shape index (κ3) is 3.67. The van der Waals surface area contributed by atoms with Crippen molar-refractivity contribution in [2.24, 2.45) is 0 Å². The molecule has 1 atom stereocenters. The number of piperidine rings is 1. The van der Waals surface area contributed by atoms with Crippen molar-refractivity contribution in [2.75, 3.05) is 13.1 Å². The van der Waals surface area contributed by atoms with Gasteiger partial charge in [0, 0.05) is 19.2 Å². The third-order valence-electron chi connectivity index (χ3n) is 3.14. The Bertz CT molecular complexity index is 531. The van der Waals surface area contributed by atoms with E-state index in [1.807, 2.05) is 6.07 Å². The molecule has 1 aromatic carbocycles. The average Bonchev–Trinajstić information content (AvgIpc) is 2.45. The molecule has 1 fully saturated rings. The Kier molecular flexibility index (Phi) is 4.32. The van der Waals surface area contributed by atoms with Crippen molar-refractivity contribution < 1.29 is 9.90 Å². The molecule has 98 valence electrons. The van der Waals surface area contributed by atoms with Gasteiger partial charge >= 0.3 is 0 Å². The zero-order chi connectivity index (χ0) is 13.7. The minimum atomic E-state index is -0.409. The van der Waals surface area contributed by atoms with E-state index in [-0.39, 0.29) is 5.91 Å². The number of nitriles is 1. The molecule has 1 aliphatic rings. The molecule has 19 heavy (non-hydrogen) atoms. The number of benzene rings is 1. The normalized spacial score (nSPS) is 19.4. The second-order valence-corrected chi connectivity index (χ2v) is 4.65. The Balaban J connectivity index is 2.01. The largest absolute Gasteiger partial charge is 0.391 e. The first-order chi connectivity index (χ1) is 9.19. The average molecular weight is 256 g/mol. The predicted molar refractivity (Wildman–Crippen MR) is 72.0 cm³/mol. The molecule has 4 nitrogen and oxygen atoms in total.